The standard InChI is InChI=1S/C32H40N2O2Si/c1-26(2)23-29-24-28(34(35)33(29)25-27-15-9-6-10-16-27)21-22-36-37(32(3,4)5,30-17-11-7-12-18-30)31-19-13-8-14-20-31/h6-20,24,26H,21-23,25H2,1-5H3. The molecule has 0 saturated carbocycles. The van der Waals surface area contributed by atoms with Crippen molar-refractivity contribution in [2.24, 2.45) is 5.92 Å². The van der Waals surface area contributed by atoms with Crippen LogP contribution in [0, 0.1) is 11.1 Å². The lowest BCUT2D eigenvalue weighted by Crippen LogP contribution is -2.66. The first-order chi connectivity index (χ1) is 17.7. The third-order valence-electron chi connectivity index (χ3n) is 7.02. The topological polar surface area (TPSA) is 41.1 Å². The number of benzene rings is 3. The van der Waals surface area contributed by atoms with Crippen LogP contribution in [-0.4, -0.2) is 19.6 Å². The average Bonchev–Trinajstić information content (AvgIpc) is 3.16. The Bertz CT molecular complexity index is 1220. The maximum atomic E-state index is 13.5. The second-order valence-electron chi connectivity index (χ2n) is 11.3. The summed E-state index contributed by atoms with van der Waals surface area (Å²) in [5.41, 5.74) is 2.97. The molecule has 5 heteroatoms. The Morgan fingerprint density at radius 1 is 0.838 bits per heavy atom. The van der Waals surface area contributed by atoms with Crippen LogP contribution in [0.2, 0.25) is 5.04 Å². The Labute approximate surface area is 223 Å². The number of hydrogen-bond acceptors (Lipinski definition) is 2. The molecule has 4 nitrogen and oxygen atoms in total. The lowest BCUT2D eigenvalue weighted by molar-refractivity contribution is -0.701. The summed E-state index contributed by atoms with van der Waals surface area (Å²) in [6.45, 7) is 12.3. The quantitative estimate of drug-likeness (QED) is 0.160. The fraction of sp³-hybridized carbons (Fsp3) is 0.344. The van der Waals surface area contributed by atoms with E-state index in [9.17, 15) is 5.21 Å². The molecule has 0 atom stereocenters. The number of rotatable bonds is 10. The first kappa shape index (κ1) is 26.9. The molecule has 194 valence electrons. The molecule has 0 unspecified atom stereocenters. The second kappa shape index (κ2) is 11.5. The van der Waals surface area contributed by atoms with E-state index in [2.05, 4.69) is 113 Å². The zero-order chi connectivity index (χ0) is 26.5. The van der Waals surface area contributed by atoms with Gasteiger partial charge < -0.3 is 9.63 Å². The molecule has 0 aliphatic carbocycles. The van der Waals surface area contributed by atoms with Crippen molar-refractivity contribution in [1.82, 2.24) is 4.68 Å². The highest BCUT2D eigenvalue weighted by molar-refractivity contribution is 6.99. The van der Waals surface area contributed by atoms with Gasteiger partial charge in [-0.15, -0.1) is 4.68 Å². The highest BCUT2D eigenvalue weighted by Crippen LogP contribution is 2.36. The lowest BCUT2D eigenvalue weighted by atomic mass is 10.1. The normalized spacial score (nSPS) is 12.3. The first-order valence-electron chi connectivity index (χ1n) is 13.3. The van der Waals surface area contributed by atoms with Crippen LogP contribution >= 0.6 is 0 Å². The van der Waals surface area contributed by atoms with Crippen LogP contribution in [0.5, 0.6) is 0 Å². The van der Waals surface area contributed by atoms with Crippen molar-refractivity contribution in [2.45, 2.75) is 59.0 Å². The van der Waals surface area contributed by atoms with E-state index in [-0.39, 0.29) is 5.04 Å². The molecule has 0 bridgehead atoms. The van der Waals surface area contributed by atoms with Gasteiger partial charge >= 0.3 is 0 Å². The molecular formula is C32H40N2O2Si. The molecule has 1 aromatic heterocycles. The Morgan fingerprint density at radius 3 is 1.84 bits per heavy atom. The Balaban J connectivity index is 1.65. The molecule has 0 saturated heterocycles. The van der Waals surface area contributed by atoms with Gasteiger partial charge in [-0.05, 0) is 33.3 Å². The Hall–Kier alpha value is -3.15. The highest BCUT2D eigenvalue weighted by Gasteiger charge is 2.50. The molecule has 4 rings (SSSR count). The van der Waals surface area contributed by atoms with Gasteiger partial charge in [-0.25, -0.2) is 0 Å². The summed E-state index contributed by atoms with van der Waals surface area (Å²) < 4.78 is 8.93. The SMILES string of the molecule is CC(C)Cc1cc(CCO[Si](c2ccccc2)(c2ccccc2)C(C)(C)C)[n+]([O-])n1Cc1ccccc1. The van der Waals surface area contributed by atoms with E-state index >= 15 is 0 Å². The third-order valence-corrected chi connectivity index (χ3v) is 12.1. The van der Waals surface area contributed by atoms with E-state index in [1.165, 1.54) is 10.4 Å². The maximum Gasteiger partial charge on any atom is 0.261 e. The van der Waals surface area contributed by atoms with Crippen LogP contribution in [-0.2, 0) is 23.8 Å². The minimum atomic E-state index is -2.63. The summed E-state index contributed by atoms with van der Waals surface area (Å²) in [6, 6.07) is 33.6. The van der Waals surface area contributed by atoms with E-state index in [1.807, 2.05) is 22.9 Å². The van der Waals surface area contributed by atoms with Gasteiger partial charge in [-0.3, -0.25) is 0 Å². The molecule has 0 fully saturated rings. The third kappa shape index (κ3) is 5.89. The van der Waals surface area contributed by atoms with Gasteiger partial charge in [-0.2, -0.15) is 0 Å². The van der Waals surface area contributed by atoms with E-state index in [0.29, 0.717) is 25.5 Å². The summed E-state index contributed by atoms with van der Waals surface area (Å²) >= 11 is 0. The summed E-state index contributed by atoms with van der Waals surface area (Å²) in [5.74, 6) is 0.464. The molecule has 0 aliphatic heterocycles. The Kier molecular flexibility index (Phi) is 8.35. The summed E-state index contributed by atoms with van der Waals surface area (Å²) in [5, 5.41) is 15.9. The maximum absolute atomic E-state index is 13.5. The van der Waals surface area contributed by atoms with E-state index in [4.69, 9.17) is 4.43 Å². The molecule has 1 heterocycles. The molecule has 0 amide bonds. The summed E-state index contributed by atoms with van der Waals surface area (Å²) in [4.78, 5) is 1.10. The fourth-order valence-electron chi connectivity index (χ4n) is 5.34. The van der Waals surface area contributed by atoms with Gasteiger partial charge in [0.15, 0.2) is 0 Å². The van der Waals surface area contributed by atoms with Crippen molar-refractivity contribution in [3.63, 3.8) is 0 Å². The fourth-order valence-corrected chi connectivity index (χ4v) is 9.90. The molecule has 4 aromatic rings. The zero-order valence-electron chi connectivity index (χ0n) is 22.9. The summed E-state index contributed by atoms with van der Waals surface area (Å²) in [6.07, 6.45) is 1.44. The van der Waals surface area contributed by atoms with Crippen LogP contribution in [0.3, 0.4) is 0 Å². The van der Waals surface area contributed by atoms with Gasteiger partial charge in [0.2, 0.25) is 5.69 Å². The van der Waals surface area contributed by atoms with Gasteiger partial charge in [-0.1, -0.05) is 130 Å². The molecule has 0 spiro atoms. The largest absolute Gasteiger partial charge is 0.596 e. The van der Waals surface area contributed by atoms with Gasteiger partial charge in [0.05, 0.1) is 12.1 Å². The van der Waals surface area contributed by atoms with Crippen molar-refractivity contribution >= 4 is 18.7 Å². The summed E-state index contributed by atoms with van der Waals surface area (Å²) in [7, 11) is -2.63. The molecule has 0 N–H and O–H groups in total. The van der Waals surface area contributed by atoms with Crippen LogP contribution in [0.4, 0.5) is 0 Å². The Morgan fingerprint density at radius 2 is 1.35 bits per heavy atom. The minimum Gasteiger partial charge on any atom is -0.596 e. The molecule has 0 aliphatic rings. The minimum absolute atomic E-state index is 0.0921. The van der Waals surface area contributed by atoms with Crippen LogP contribution in [0.1, 0.15) is 51.6 Å². The number of nitrogens with zero attached hydrogens (tertiary/aromatic N) is 2. The van der Waals surface area contributed by atoms with Gasteiger partial charge in [0.1, 0.15) is 6.54 Å². The van der Waals surface area contributed by atoms with Gasteiger partial charge in [0, 0.05) is 12.7 Å². The molecular weight excluding hydrogens is 472 g/mol. The van der Waals surface area contributed by atoms with Crippen molar-refractivity contribution < 1.29 is 9.27 Å². The van der Waals surface area contributed by atoms with Crippen LogP contribution in [0.25, 0.3) is 0 Å². The average molecular weight is 513 g/mol. The van der Waals surface area contributed by atoms with Crippen molar-refractivity contribution in [2.75, 3.05) is 6.61 Å². The monoisotopic (exact) mass is 512 g/mol. The van der Waals surface area contributed by atoms with Crippen LogP contribution in [0.15, 0.2) is 97.1 Å². The molecule has 37 heavy (non-hydrogen) atoms. The highest BCUT2D eigenvalue weighted by atomic mass is 28.4. The second-order valence-corrected chi connectivity index (χ2v) is 15.6. The van der Waals surface area contributed by atoms with E-state index in [1.54, 1.807) is 0 Å². The van der Waals surface area contributed by atoms with Crippen molar-refractivity contribution in [3.05, 3.63) is 119 Å². The molecule has 0 radical (unpaired) electrons. The van der Waals surface area contributed by atoms with E-state index in [0.717, 1.165) is 28.2 Å². The van der Waals surface area contributed by atoms with Crippen molar-refractivity contribution in [3.8, 4) is 0 Å². The molecule has 3 aromatic carbocycles. The van der Waals surface area contributed by atoms with Crippen LogP contribution < -0.4 is 15.2 Å². The van der Waals surface area contributed by atoms with E-state index < -0.39 is 8.32 Å². The number of hydrogen-bond donors (Lipinski definition) is 0. The zero-order valence-corrected chi connectivity index (χ0v) is 23.9. The van der Waals surface area contributed by atoms with Crippen molar-refractivity contribution in [1.29, 1.82) is 0 Å². The lowest BCUT2D eigenvalue weighted by Gasteiger charge is -2.43. The predicted molar refractivity (Wildman–Crippen MR) is 155 cm³/mol. The smallest absolute Gasteiger partial charge is 0.261 e. The van der Waals surface area contributed by atoms with Gasteiger partial charge in [0.25, 0.3) is 8.32 Å². The predicted octanol–water partition coefficient (Wildman–Crippen LogP) is 5.49. The number of aromatic nitrogens is 2. The first-order valence-corrected chi connectivity index (χ1v) is 15.2.